The molecule has 0 aliphatic heterocycles. The number of rotatable bonds is 6. The molecule has 2 nitrogen and oxygen atoms in total. The van der Waals surface area contributed by atoms with E-state index in [9.17, 15) is 5.11 Å². The molecular formula is C13H21NOS. The molecule has 3 heteroatoms. The van der Waals surface area contributed by atoms with Gasteiger partial charge in [0, 0.05) is 17.8 Å². The van der Waals surface area contributed by atoms with Crippen LogP contribution in [-0.2, 0) is 6.54 Å². The fourth-order valence-corrected chi connectivity index (χ4v) is 2.32. The van der Waals surface area contributed by atoms with Crippen molar-refractivity contribution in [3.05, 3.63) is 35.4 Å². The Labute approximate surface area is 102 Å². The smallest absolute Gasteiger partial charge is 0.0564 e. The third-order valence-electron chi connectivity index (χ3n) is 2.75. The fourth-order valence-electron chi connectivity index (χ4n) is 1.67. The highest BCUT2D eigenvalue weighted by molar-refractivity contribution is 7.99. The number of benzene rings is 1. The molecule has 0 radical (unpaired) electrons. The molecule has 0 saturated heterocycles. The highest BCUT2D eigenvalue weighted by Crippen LogP contribution is 2.11. The second kappa shape index (κ2) is 6.94. The zero-order chi connectivity index (χ0) is 12.0. The van der Waals surface area contributed by atoms with E-state index in [4.69, 9.17) is 0 Å². The standard InChI is InChI=1S/C13H21NOS/c1-10-5-4-6-12(7-10)8-14-11(2)13(9-15)16-3/h4-7,11,13-15H,8-9H2,1-3H3. The van der Waals surface area contributed by atoms with E-state index in [0.717, 1.165) is 6.54 Å². The third-order valence-corrected chi connectivity index (χ3v) is 3.91. The number of nitrogens with one attached hydrogen (secondary N) is 1. The summed E-state index contributed by atoms with van der Waals surface area (Å²) < 4.78 is 0. The van der Waals surface area contributed by atoms with Crippen molar-refractivity contribution in [1.82, 2.24) is 5.32 Å². The number of aryl methyl sites for hydroxylation is 1. The van der Waals surface area contributed by atoms with Crippen LogP contribution in [0.4, 0.5) is 0 Å². The average Bonchev–Trinajstić information content (AvgIpc) is 2.28. The molecule has 0 aliphatic carbocycles. The van der Waals surface area contributed by atoms with Crippen LogP contribution < -0.4 is 5.32 Å². The van der Waals surface area contributed by atoms with E-state index in [-0.39, 0.29) is 11.9 Å². The van der Waals surface area contributed by atoms with E-state index in [0.29, 0.717) is 6.04 Å². The van der Waals surface area contributed by atoms with Gasteiger partial charge in [-0.2, -0.15) is 11.8 Å². The monoisotopic (exact) mass is 239 g/mol. The zero-order valence-electron chi connectivity index (χ0n) is 10.2. The number of aliphatic hydroxyl groups excluding tert-OH is 1. The first-order valence-corrected chi connectivity index (χ1v) is 6.88. The first-order chi connectivity index (χ1) is 7.67. The van der Waals surface area contributed by atoms with Gasteiger partial charge in [-0.15, -0.1) is 0 Å². The van der Waals surface area contributed by atoms with E-state index < -0.39 is 0 Å². The summed E-state index contributed by atoms with van der Waals surface area (Å²) in [7, 11) is 0. The molecule has 0 fully saturated rings. The molecule has 2 atom stereocenters. The maximum absolute atomic E-state index is 9.18. The Morgan fingerprint density at radius 3 is 2.75 bits per heavy atom. The van der Waals surface area contributed by atoms with Crippen molar-refractivity contribution in [2.45, 2.75) is 31.7 Å². The Morgan fingerprint density at radius 2 is 2.19 bits per heavy atom. The van der Waals surface area contributed by atoms with Crippen molar-refractivity contribution in [2.75, 3.05) is 12.9 Å². The molecule has 1 aromatic carbocycles. The van der Waals surface area contributed by atoms with Crippen LogP contribution in [0.5, 0.6) is 0 Å². The van der Waals surface area contributed by atoms with Gasteiger partial charge in [0.25, 0.3) is 0 Å². The van der Waals surface area contributed by atoms with Crippen molar-refractivity contribution in [3.8, 4) is 0 Å². The lowest BCUT2D eigenvalue weighted by Gasteiger charge is -2.21. The minimum atomic E-state index is 0.225. The van der Waals surface area contributed by atoms with Gasteiger partial charge in [-0.25, -0.2) is 0 Å². The van der Waals surface area contributed by atoms with Gasteiger partial charge in [-0.3, -0.25) is 0 Å². The number of aliphatic hydroxyl groups is 1. The van der Waals surface area contributed by atoms with Crippen LogP contribution in [-0.4, -0.2) is 29.3 Å². The molecule has 16 heavy (non-hydrogen) atoms. The molecule has 90 valence electrons. The van der Waals surface area contributed by atoms with E-state index >= 15 is 0 Å². The highest BCUT2D eigenvalue weighted by atomic mass is 32.2. The Morgan fingerprint density at radius 1 is 1.44 bits per heavy atom. The Balaban J connectivity index is 2.45. The first kappa shape index (κ1) is 13.6. The van der Waals surface area contributed by atoms with E-state index in [1.165, 1.54) is 11.1 Å². The first-order valence-electron chi connectivity index (χ1n) is 5.60. The minimum Gasteiger partial charge on any atom is -0.395 e. The fraction of sp³-hybridized carbons (Fsp3) is 0.538. The number of hydrogen-bond donors (Lipinski definition) is 2. The van der Waals surface area contributed by atoms with E-state index in [1.54, 1.807) is 11.8 Å². The number of thioether (sulfide) groups is 1. The van der Waals surface area contributed by atoms with Crippen LogP contribution in [0.3, 0.4) is 0 Å². The maximum atomic E-state index is 9.18. The van der Waals surface area contributed by atoms with Gasteiger partial charge in [-0.1, -0.05) is 29.8 Å². The molecule has 1 aromatic rings. The van der Waals surface area contributed by atoms with Gasteiger partial charge in [0.15, 0.2) is 0 Å². The largest absolute Gasteiger partial charge is 0.395 e. The molecule has 2 unspecified atom stereocenters. The summed E-state index contributed by atoms with van der Waals surface area (Å²) in [5.41, 5.74) is 2.58. The van der Waals surface area contributed by atoms with Crippen molar-refractivity contribution < 1.29 is 5.11 Å². The Bertz CT molecular complexity index is 313. The summed E-state index contributed by atoms with van der Waals surface area (Å²) in [5.74, 6) is 0. The SMILES string of the molecule is CSC(CO)C(C)NCc1cccc(C)c1. The highest BCUT2D eigenvalue weighted by Gasteiger charge is 2.13. The zero-order valence-corrected chi connectivity index (χ0v) is 11.1. The van der Waals surface area contributed by atoms with E-state index in [1.807, 2.05) is 6.26 Å². The van der Waals surface area contributed by atoms with Crippen LogP contribution in [0.15, 0.2) is 24.3 Å². The van der Waals surface area contributed by atoms with Gasteiger partial charge in [-0.05, 0) is 25.7 Å². The predicted octanol–water partition coefficient (Wildman–Crippen LogP) is 2.20. The Kier molecular flexibility index (Phi) is 5.88. The van der Waals surface area contributed by atoms with Crippen LogP contribution >= 0.6 is 11.8 Å². The van der Waals surface area contributed by atoms with Crippen molar-refractivity contribution in [2.24, 2.45) is 0 Å². The summed E-state index contributed by atoms with van der Waals surface area (Å²) >= 11 is 1.70. The van der Waals surface area contributed by atoms with Gasteiger partial charge in [0.2, 0.25) is 0 Å². The van der Waals surface area contributed by atoms with Crippen LogP contribution in [0.25, 0.3) is 0 Å². The second-order valence-electron chi connectivity index (χ2n) is 4.12. The molecule has 0 aliphatic rings. The van der Waals surface area contributed by atoms with Gasteiger partial charge < -0.3 is 10.4 Å². The van der Waals surface area contributed by atoms with Crippen LogP contribution in [0.1, 0.15) is 18.1 Å². The van der Waals surface area contributed by atoms with Crippen LogP contribution in [0, 0.1) is 6.92 Å². The lowest BCUT2D eigenvalue weighted by Crippen LogP contribution is -2.37. The summed E-state index contributed by atoms with van der Waals surface area (Å²) in [6.45, 7) is 5.31. The molecule has 1 rings (SSSR count). The van der Waals surface area contributed by atoms with Crippen molar-refractivity contribution in [3.63, 3.8) is 0 Å². The maximum Gasteiger partial charge on any atom is 0.0564 e. The molecule has 0 heterocycles. The normalized spacial score (nSPS) is 14.8. The van der Waals surface area contributed by atoms with Gasteiger partial charge in [0.1, 0.15) is 0 Å². The van der Waals surface area contributed by atoms with Crippen molar-refractivity contribution >= 4 is 11.8 Å². The molecule has 0 amide bonds. The summed E-state index contributed by atoms with van der Waals surface area (Å²) in [6.07, 6.45) is 2.03. The van der Waals surface area contributed by atoms with Gasteiger partial charge >= 0.3 is 0 Å². The summed E-state index contributed by atoms with van der Waals surface area (Å²) in [5, 5.41) is 12.9. The molecule has 2 N–H and O–H groups in total. The molecular weight excluding hydrogens is 218 g/mol. The van der Waals surface area contributed by atoms with Gasteiger partial charge in [0.05, 0.1) is 6.61 Å². The van der Waals surface area contributed by atoms with E-state index in [2.05, 4.69) is 43.4 Å². The molecule has 0 spiro atoms. The lowest BCUT2D eigenvalue weighted by atomic mass is 10.1. The topological polar surface area (TPSA) is 32.3 Å². The second-order valence-corrected chi connectivity index (χ2v) is 5.19. The molecule has 0 aromatic heterocycles. The van der Waals surface area contributed by atoms with Crippen molar-refractivity contribution in [1.29, 1.82) is 0 Å². The predicted molar refractivity (Wildman–Crippen MR) is 71.9 cm³/mol. The lowest BCUT2D eigenvalue weighted by molar-refractivity contribution is 0.276. The quantitative estimate of drug-likeness (QED) is 0.798. The summed E-state index contributed by atoms with van der Waals surface area (Å²) in [6, 6.07) is 8.81. The molecule has 0 saturated carbocycles. The molecule has 0 bridgehead atoms. The Hall–Kier alpha value is -0.510. The average molecular weight is 239 g/mol. The summed E-state index contributed by atoms with van der Waals surface area (Å²) in [4.78, 5) is 0. The van der Waals surface area contributed by atoms with Crippen LogP contribution in [0.2, 0.25) is 0 Å². The third kappa shape index (κ3) is 4.16. The minimum absolute atomic E-state index is 0.225. The number of hydrogen-bond acceptors (Lipinski definition) is 3.